The number of carboxylic acids is 1. The first kappa shape index (κ1) is 22.3. The number of carbonyl (C=O) groups is 3. The number of carboxylic acid groups (broad SMARTS) is 1. The summed E-state index contributed by atoms with van der Waals surface area (Å²) in [5, 5.41) is 11.6. The molecule has 2 atom stereocenters. The van der Waals surface area contributed by atoms with Crippen LogP contribution in [-0.4, -0.2) is 54.2 Å². The van der Waals surface area contributed by atoms with E-state index in [0.29, 0.717) is 6.42 Å². The SMILES string of the molecule is CCC(C)C(NC(=O)OCC1c2ccccc2-c2ccccc21)C(=O)N(C)CC(=O)O. The first-order valence-corrected chi connectivity index (χ1v) is 10.4. The van der Waals surface area contributed by atoms with Crippen molar-refractivity contribution >= 4 is 18.0 Å². The van der Waals surface area contributed by atoms with E-state index >= 15 is 0 Å². The van der Waals surface area contributed by atoms with Crippen molar-refractivity contribution in [3.63, 3.8) is 0 Å². The van der Waals surface area contributed by atoms with Crippen LogP contribution in [0.2, 0.25) is 0 Å². The number of nitrogens with zero attached hydrogens (tertiary/aromatic N) is 1. The van der Waals surface area contributed by atoms with Crippen LogP contribution < -0.4 is 5.32 Å². The number of likely N-dealkylation sites (N-methyl/N-ethyl adjacent to an activating group) is 1. The van der Waals surface area contributed by atoms with E-state index in [1.807, 2.05) is 50.2 Å². The molecule has 2 aromatic carbocycles. The van der Waals surface area contributed by atoms with Gasteiger partial charge in [0.25, 0.3) is 0 Å². The lowest BCUT2D eigenvalue weighted by Crippen LogP contribution is -2.51. The zero-order valence-electron chi connectivity index (χ0n) is 18.0. The number of carbonyl (C=O) groups excluding carboxylic acids is 2. The summed E-state index contributed by atoms with van der Waals surface area (Å²) < 4.78 is 5.54. The number of hydrogen-bond donors (Lipinski definition) is 2. The fourth-order valence-electron chi connectivity index (χ4n) is 3.97. The van der Waals surface area contributed by atoms with Crippen molar-refractivity contribution < 1.29 is 24.2 Å². The normalized spacial score (nSPS) is 14.2. The molecule has 1 aliphatic carbocycles. The molecule has 0 bridgehead atoms. The smallest absolute Gasteiger partial charge is 0.407 e. The summed E-state index contributed by atoms with van der Waals surface area (Å²) in [5.41, 5.74) is 4.48. The van der Waals surface area contributed by atoms with E-state index < -0.39 is 30.6 Å². The van der Waals surface area contributed by atoms with Crippen molar-refractivity contribution in [1.29, 1.82) is 0 Å². The molecule has 7 heteroatoms. The monoisotopic (exact) mass is 424 g/mol. The van der Waals surface area contributed by atoms with E-state index in [-0.39, 0.29) is 18.4 Å². The molecule has 7 nitrogen and oxygen atoms in total. The first-order valence-electron chi connectivity index (χ1n) is 10.4. The fourth-order valence-corrected chi connectivity index (χ4v) is 3.97. The minimum absolute atomic E-state index is 0.0782. The minimum Gasteiger partial charge on any atom is -0.480 e. The van der Waals surface area contributed by atoms with Gasteiger partial charge in [0.05, 0.1) is 0 Å². The lowest BCUT2D eigenvalue weighted by atomic mass is 9.98. The van der Waals surface area contributed by atoms with E-state index in [2.05, 4.69) is 17.4 Å². The van der Waals surface area contributed by atoms with Gasteiger partial charge in [0.15, 0.2) is 0 Å². The maximum absolute atomic E-state index is 12.7. The largest absolute Gasteiger partial charge is 0.480 e. The Hall–Kier alpha value is -3.35. The molecule has 0 heterocycles. The number of aliphatic carboxylic acids is 1. The van der Waals surface area contributed by atoms with Gasteiger partial charge in [-0.2, -0.15) is 0 Å². The summed E-state index contributed by atoms with van der Waals surface area (Å²) in [6.45, 7) is 3.45. The molecular formula is C24H28N2O5. The topological polar surface area (TPSA) is 95.9 Å². The van der Waals surface area contributed by atoms with Gasteiger partial charge in [0.2, 0.25) is 5.91 Å². The van der Waals surface area contributed by atoms with Gasteiger partial charge in [0.1, 0.15) is 19.2 Å². The number of hydrogen-bond acceptors (Lipinski definition) is 4. The molecule has 0 saturated heterocycles. The predicted octanol–water partition coefficient (Wildman–Crippen LogP) is 3.48. The Morgan fingerprint density at radius 3 is 2.13 bits per heavy atom. The van der Waals surface area contributed by atoms with Crippen molar-refractivity contribution in [3.8, 4) is 11.1 Å². The second-order valence-electron chi connectivity index (χ2n) is 7.92. The third-order valence-electron chi connectivity index (χ3n) is 5.84. The van der Waals surface area contributed by atoms with E-state index in [4.69, 9.17) is 9.84 Å². The summed E-state index contributed by atoms with van der Waals surface area (Å²) in [4.78, 5) is 37.3. The molecule has 2 N–H and O–H groups in total. The molecule has 2 amide bonds. The Morgan fingerprint density at radius 2 is 1.61 bits per heavy atom. The quantitative estimate of drug-likeness (QED) is 0.676. The van der Waals surface area contributed by atoms with E-state index in [9.17, 15) is 14.4 Å². The van der Waals surface area contributed by atoms with Gasteiger partial charge in [0, 0.05) is 13.0 Å². The van der Waals surface area contributed by atoms with Gasteiger partial charge >= 0.3 is 12.1 Å². The van der Waals surface area contributed by atoms with Crippen molar-refractivity contribution in [2.45, 2.75) is 32.2 Å². The Morgan fingerprint density at radius 1 is 1.06 bits per heavy atom. The van der Waals surface area contributed by atoms with Crippen LogP contribution >= 0.6 is 0 Å². The molecule has 0 saturated carbocycles. The molecule has 0 radical (unpaired) electrons. The second kappa shape index (κ2) is 9.64. The van der Waals surface area contributed by atoms with E-state index in [1.54, 1.807) is 0 Å². The van der Waals surface area contributed by atoms with Gasteiger partial charge < -0.3 is 20.1 Å². The van der Waals surface area contributed by atoms with Crippen molar-refractivity contribution in [2.75, 3.05) is 20.2 Å². The molecule has 0 aliphatic heterocycles. The van der Waals surface area contributed by atoms with Crippen LogP contribution in [0, 0.1) is 5.92 Å². The molecule has 2 unspecified atom stereocenters. The number of benzene rings is 2. The number of rotatable bonds is 8. The molecular weight excluding hydrogens is 396 g/mol. The van der Waals surface area contributed by atoms with Crippen LogP contribution in [0.5, 0.6) is 0 Å². The lowest BCUT2D eigenvalue weighted by molar-refractivity contribution is -0.144. The van der Waals surface area contributed by atoms with Crippen LogP contribution in [0.25, 0.3) is 11.1 Å². The van der Waals surface area contributed by atoms with Crippen molar-refractivity contribution in [1.82, 2.24) is 10.2 Å². The van der Waals surface area contributed by atoms with Crippen LogP contribution in [0.3, 0.4) is 0 Å². The Balaban J connectivity index is 1.69. The van der Waals surface area contributed by atoms with Gasteiger partial charge in [-0.25, -0.2) is 4.79 Å². The Kier molecular flexibility index (Phi) is 6.95. The van der Waals surface area contributed by atoms with Gasteiger partial charge in [-0.1, -0.05) is 68.8 Å². The van der Waals surface area contributed by atoms with Crippen molar-refractivity contribution in [2.24, 2.45) is 5.92 Å². The highest BCUT2D eigenvalue weighted by Crippen LogP contribution is 2.44. The highest BCUT2D eigenvalue weighted by Gasteiger charge is 2.32. The molecule has 0 spiro atoms. The van der Waals surface area contributed by atoms with Crippen LogP contribution in [0.15, 0.2) is 48.5 Å². The van der Waals surface area contributed by atoms with Gasteiger partial charge in [-0.15, -0.1) is 0 Å². The molecule has 31 heavy (non-hydrogen) atoms. The fraction of sp³-hybridized carbons (Fsp3) is 0.375. The Bertz CT molecular complexity index is 928. The highest BCUT2D eigenvalue weighted by atomic mass is 16.5. The highest BCUT2D eigenvalue weighted by molar-refractivity contribution is 5.88. The average molecular weight is 424 g/mol. The second-order valence-corrected chi connectivity index (χ2v) is 7.92. The zero-order valence-corrected chi connectivity index (χ0v) is 18.0. The molecule has 2 aromatic rings. The van der Waals surface area contributed by atoms with Crippen LogP contribution in [0.4, 0.5) is 4.79 Å². The van der Waals surface area contributed by atoms with Crippen LogP contribution in [0.1, 0.15) is 37.3 Å². The summed E-state index contributed by atoms with van der Waals surface area (Å²) in [6.07, 6.45) is -0.0507. The van der Waals surface area contributed by atoms with Gasteiger partial charge in [-0.3, -0.25) is 9.59 Å². The van der Waals surface area contributed by atoms with Gasteiger partial charge in [-0.05, 0) is 28.2 Å². The maximum atomic E-state index is 12.7. The molecule has 0 fully saturated rings. The number of ether oxygens (including phenoxy) is 1. The maximum Gasteiger partial charge on any atom is 0.407 e. The van der Waals surface area contributed by atoms with E-state index in [0.717, 1.165) is 27.2 Å². The third kappa shape index (κ3) is 4.87. The number of fused-ring (bicyclic) bond motifs is 3. The number of alkyl carbamates (subject to hydrolysis) is 1. The van der Waals surface area contributed by atoms with E-state index in [1.165, 1.54) is 7.05 Å². The molecule has 164 valence electrons. The predicted molar refractivity (Wildman–Crippen MR) is 117 cm³/mol. The molecule has 3 rings (SSSR count). The Labute approximate surface area is 182 Å². The summed E-state index contributed by atoms with van der Waals surface area (Å²) in [6, 6.07) is 15.2. The summed E-state index contributed by atoms with van der Waals surface area (Å²) in [7, 11) is 1.41. The lowest BCUT2D eigenvalue weighted by Gasteiger charge is -2.27. The first-order chi connectivity index (χ1) is 14.8. The minimum atomic E-state index is -1.11. The number of nitrogens with one attached hydrogen (secondary N) is 1. The number of amides is 2. The average Bonchev–Trinajstić information content (AvgIpc) is 3.08. The molecule has 1 aliphatic rings. The summed E-state index contributed by atoms with van der Waals surface area (Å²) >= 11 is 0. The molecule has 0 aromatic heterocycles. The zero-order chi connectivity index (χ0) is 22.5. The standard InChI is InChI=1S/C24H28N2O5/c1-4-15(2)22(23(29)26(3)13-21(27)28)25-24(30)31-14-20-18-11-7-5-9-16(18)17-10-6-8-12-19(17)20/h5-12,15,20,22H,4,13-14H2,1-3H3,(H,25,30)(H,27,28). The third-order valence-corrected chi connectivity index (χ3v) is 5.84. The van der Waals surface area contributed by atoms with Crippen LogP contribution in [-0.2, 0) is 14.3 Å². The summed E-state index contributed by atoms with van der Waals surface area (Å²) in [5.74, 6) is -1.82. The van der Waals surface area contributed by atoms with Crippen molar-refractivity contribution in [3.05, 3.63) is 59.7 Å².